The van der Waals surface area contributed by atoms with E-state index < -0.39 is 0 Å². The van der Waals surface area contributed by atoms with E-state index in [0.717, 1.165) is 19.4 Å². The molecule has 0 saturated carbocycles. The fourth-order valence-corrected chi connectivity index (χ4v) is 4.38. The first-order valence-electron chi connectivity index (χ1n) is 5.57. The number of ether oxygens (including phenoxy) is 1. The Bertz CT molecular complexity index is 215. The van der Waals surface area contributed by atoms with Crippen LogP contribution in [0.2, 0.25) is 0 Å². The summed E-state index contributed by atoms with van der Waals surface area (Å²) in [6, 6.07) is 0.671. The molecule has 3 heteroatoms. The second-order valence-electron chi connectivity index (χ2n) is 5.21. The van der Waals surface area contributed by atoms with Crippen molar-refractivity contribution in [3.05, 3.63) is 0 Å². The predicted octanol–water partition coefficient (Wildman–Crippen LogP) is 2.39. The van der Waals surface area contributed by atoms with Crippen LogP contribution in [0.15, 0.2) is 0 Å². The van der Waals surface area contributed by atoms with Gasteiger partial charge in [0.1, 0.15) is 0 Å². The van der Waals surface area contributed by atoms with Crippen molar-refractivity contribution in [2.75, 3.05) is 12.4 Å². The monoisotopic (exact) mass is 215 g/mol. The van der Waals surface area contributed by atoms with E-state index >= 15 is 0 Å². The Morgan fingerprint density at radius 1 is 1.43 bits per heavy atom. The number of rotatable bonds is 0. The van der Waals surface area contributed by atoms with Gasteiger partial charge in [0.05, 0.1) is 10.5 Å². The van der Waals surface area contributed by atoms with Gasteiger partial charge in [-0.15, -0.1) is 11.8 Å². The molecule has 2 aliphatic rings. The van der Waals surface area contributed by atoms with Crippen molar-refractivity contribution >= 4 is 11.8 Å². The zero-order valence-corrected chi connectivity index (χ0v) is 10.2. The molecular formula is C11H21NOS. The van der Waals surface area contributed by atoms with Gasteiger partial charge in [-0.05, 0) is 39.4 Å². The molecule has 2 saturated heterocycles. The maximum Gasteiger partial charge on any atom is 0.0696 e. The van der Waals surface area contributed by atoms with Crippen LogP contribution < -0.4 is 5.32 Å². The molecule has 2 unspecified atom stereocenters. The fourth-order valence-electron chi connectivity index (χ4n) is 2.56. The van der Waals surface area contributed by atoms with Crippen LogP contribution in [0.25, 0.3) is 0 Å². The minimum atomic E-state index is 0.0509. The van der Waals surface area contributed by atoms with Crippen molar-refractivity contribution in [3.8, 4) is 0 Å². The van der Waals surface area contributed by atoms with E-state index in [0.29, 0.717) is 10.9 Å². The van der Waals surface area contributed by atoms with Crippen molar-refractivity contribution in [2.24, 2.45) is 0 Å². The van der Waals surface area contributed by atoms with E-state index in [2.05, 4.69) is 37.8 Å². The molecule has 1 spiro atoms. The molecule has 0 amide bonds. The van der Waals surface area contributed by atoms with Gasteiger partial charge in [0, 0.05) is 19.1 Å². The minimum Gasteiger partial charge on any atom is -0.375 e. The summed E-state index contributed by atoms with van der Waals surface area (Å²) in [6.07, 6.45) is 3.59. The summed E-state index contributed by atoms with van der Waals surface area (Å²) in [5, 5.41) is 3.77. The number of thioether (sulfide) groups is 1. The van der Waals surface area contributed by atoms with Gasteiger partial charge in [-0.2, -0.15) is 0 Å². The molecule has 2 aliphatic heterocycles. The van der Waals surface area contributed by atoms with Crippen LogP contribution >= 0.6 is 11.8 Å². The van der Waals surface area contributed by atoms with Crippen LogP contribution in [0.4, 0.5) is 0 Å². The lowest BCUT2D eigenvalue weighted by Crippen LogP contribution is -2.57. The lowest BCUT2D eigenvalue weighted by Gasteiger charge is -2.48. The topological polar surface area (TPSA) is 21.3 Å². The van der Waals surface area contributed by atoms with Crippen molar-refractivity contribution in [1.82, 2.24) is 5.32 Å². The third-order valence-corrected chi connectivity index (χ3v) is 4.61. The molecule has 2 heterocycles. The summed E-state index contributed by atoms with van der Waals surface area (Å²) in [6.45, 7) is 7.61. The van der Waals surface area contributed by atoms with E-state index in [-0.39, 0.29) is 5.60 Å². The van der Waals surface area contributed by atoms with Crippen LogP contribution in [0.3, 0.4) is 0 Å². The maximum absolute atomic E-state index is 5.77. The Morgan fingerprint density at radius 2 is 2.21 bits per heavy atom. The molecule has 82 valence electrons. The third-order valence-electron chi connectivity index (χ3n) is 3.15. The van der Waals surface area contributed by atoms with Gasteiger partial charge >= 0.3 is 0 Å². The molecule has 1 N–H and O–H groups in total. The summed E-state index contributed by atoms with van der Waals surface area (Å²) < 4.78 is 5.77. The Hall–Kier alpha value is 0.270. The molecule has 2 atom stereocenters. The van der Waals surface area contributed by atoms with E-state index in [9.17, 15) is 0 Å². The van der Waals surface area contributed by atoms with Crippen LogP contribution in [0.5, 0.6) is 0 Å². The van der Waals surface area contributed by atoms with Gasteiger partial charge in [-0.1, -0.05) is 0 Å². The predicted molar refractivity (Wildman–Crippen MR) is 61.7 cm³/mol. The maximum atomic E-state index is 5.77. The zero-order valence-electron chi connectivity index (χ0n) is 9.43. The standard InChI is InChI=1S/C11H21NOS/c1-9-4-7-14-11(12-9)5-6-13-10(2,3)8-11/h9,12H,4-8H2,1-3H3. The van der Waals surface area contributed by atoms with Crippen LogP contribution in [0, 0.1) is 0 Å². The van der Waals surface area contributed by atoms with Gasteiger partial charge in [-0.25, -0.2) is 0 Å². The summed E-state index contributed by atoms with van der Waals surface area (Å²) in [5.41, 5.74) is 0.0509. The van der Waals surface area contributed by atoms with E-state index in [1.807, 2.05) is 0 Å². The smallest absolute Gasteiger partial charge is 0.0696 e. The highest BCUT2D eigenvalue weighted by atomic mass is 32.2. The van der Waals surface area contributed by atoms with Gasteiger partial charge in [0.25, 0.3) is 0 Å². The van der Waals surface area contributed by atoms with Crippen LogP contribution in [-0.2, 0) is 4.74 Å². The van der Waals surface area contributed by atoms with Crippen molar-refractivity contribution in [1.29, 1.82) is 0 Å². The molecule has 0 radical (unpaired) electrons. The highest BCUT2D eigenvalue weighted by Crippen LogP contribution is 2.42. The second kappa shape index (κ2) is 3.69. The lowest BCUT2D eigenvalue weighted by atomic mass is 9.92. The average Bonchev–Trinajstić information content (AvgIpc) is 2.00. The van der Waals surface area contributed by atoms with Crippen LogP contribution in [0.1, 0.15) is 40.0 Å². The van der Waals surface area contributed by atoms with Gasteiger partial charge in [0.15, 0.2) is 0 Å². The fraction of sp³-hybridized carbons (Fsp3) is 1.00. The molecule has 0 aromatic carbocycles. The Balaban J connectivity index is 2.06. The van der Waals surface area contributed by atoms with E-state index in [1.54, 1.807) is 0 Å². The van der Waals surface area contributed by atoms with Crippen molar-refractivity contribution < 1.29 is 4.74 Å². The molecule has 0 bridgehead atoms. The summed E-state index contributed by atoms with van der Waals surface area (Å²) >= 11 is 2.10. The highest BCUT2D eigenvalue weighted by molar-refractivity contribution is 8.00. The van der Waals surface area contributed by atoms with E-state index in [1.165, 1.54) is 12.2 Å². The summed E-state index contributed by atoms with van der Waals surface area (Å²) in [7, 11) is 0. The first-order valence-corrected chi connectivity index (χ1v) is 6.56. The molecular weight excluding hydrogens is 194 g/mol. The van der Waals surface area contributed by atoms with Gasteiger partial charge < -0.3 is 10.1 Å². The zero-order chi connectivity index (χ0) is 10.2. The normalized spacial score (nSPS) is 42.6. The molecule has 0 aromatic heterocycles. The Labute approximate surface area is 91.2 Å². The molecule has 2 fully saturated rings. The number of nitrogens with one attached hydrogen (secondary N) is 1. The first kappa shape index (κ1) is 10.8. The SMILES string of the molecule is CC1CCSC2(CCOC(C)(C)C2)N1. The Kier molecular flexibility index (Phi) is 2.84. The lowest BCUT2D eigenvalue weighted by molar-refractivity contribution is -0.0711. The number of hydrogen-bond donors (Lipinski definition) is 1. The van der Waals surface area contributed by atoms with Gasteiger partial charge in [0.2, 0.25) is 0 Å². The van der Waals surface area contributed by atoms with E-state index in [4.69, 9.17) is 4.74 Å². The molecule has 2 nitrogen and oxygen atoms in total. The largest absolute Gasteiger partial charge is 0.375 e. The molecule has 2 rings (SSSR count). The average molecular weight is 215 g/mol. The first-order chi connectivity index (χ1) is 6.52. The highest BCUT2D eigenvalue weighted by Gasteiger charge is 2.43. The quantitative estimate of drug-likeness (QED) is 0.670. The summed E-state index contributed by atoms with van der Waals surface area (Å²) in [4.78, 5) is 0.305. The summed E-state index contributed by atoms with van der Waals surface area (Å²) in [5.74, 6) is 1.30. The minimum absolute atomic E-state index is 0.0509. The number of hydrogen-bond acceptors (Lipinski definition) is 3. The van der Waals surface area contributed by atoms with Gasteiger partial charge in [-0.3, -0.25) is 0 Å². The Morgan fingerprint density at radius 3 is 2.86 bits per heavy atom. The molecule has 0 aromatic rings. The van der Waals surface area contributed by atoms with Crippen molar-refractivity contribution in [3.63, 3.8) is 0 Å². The molecule has 0 aliphatic carbocycles. The second-order valence-corrected chi connectivity index (χ2v) is 6.69. The third kappa shape index (κ3) is 2.26. The molecule has 14 heavy (non-hydrogen) atoms. The van der Waals surface area contributed by atoms with Crippen molar-refractivity contribution in [2.45, 2.75) is 56.5 Å². The van der Waals surface area contributed by atoms with Crippen LogP contribution in [-0.4, -0.2) is 28.9 Å².